The molecule has 0 spiro atoms. The molecule has 1 saturated carbocycles. The highest BCUT2D eigenvalue weighted by molar-refractivity contribution is 9.10. The van der Waals surface area contributed by atoms with E-state index >= 15 is 0 Å². The average Bonchev–Trinajstić information content (AvgIpc) is 3.32. The van der Waals surface area contributed by atoms with Crippen molar-refractivity contribution in [2.45, 2.75) is 36.1 Å². The molecule has 1 fully saturated rings. The zero-order chi connectivity index (χ0) is 14.7. The third-order valence-corrected chi connectivity index (χ3v) is 5.18. The van der Waals surface area contributed by atoms with E-state index in [1.54, 1.807) is 11.8 Å². The Morgan fingerprint density at radius 2 is 1.81 bits per heavy atom. The van der Waals surface area contributed by atoms with E-state index in [4.69, 9.17) is 0 Å². The fraction of sp³-hybridized carbons (Fsp3) is 0.294. The molecule has 1 N–H and O–H groups in total. The maximum Gasteiger partial charge on any atom is 0.137 e. The maximum atomic E-state index is 13.2. The van der Waals surface area contributed by atoms with Crippen molar-refractivity contribution in [2.75, 3.05) is 0 Å². The van der Waals surface area contributed by atoms with E-state index in [0.29, 0.717) is 4.47 Å². The fourth-order valence-corrected chi connectivity index (χ4v) is 3.32. The molecule has 0 unspecified atom stereocenters. The van der Waals surface area contributed by atoms with Crippen LogP contribution in [0.3, 0.4) is 0 Å². The SMILES string of the molecule is Fc1ccc(CSc2ccc(CNC3CC3)cc2)cc1Br. The first kappa shape index (κ1) is 15.1. The molecule has 0 heterocycles. The number of nitrogens with one attached hydrogen (secondary N) is 1. The third-order valence-electron chi connectivity index (χ3n) is 3.49. The van der Waals surface area contributed by atoms with Crippen LogP contribution in [0.2, 0.25) is 0 Å². The number of hydrogen-bond donors (Lipinski definition) is 1. The summed E-state index contributed by atoms with van der Waals surface area (Å²) in [6, 6.07) is 14.6. The van der Waals surface area contributed by atoms with Crippen molar-refractivity contribution in [3.05, 3.63) is 63.9 Å². The molecule has 1 aliphatic carbocycles. The van der Waals surface area contributed by atoms with E-state index in [0.717, 1.165) is 23.9 Å². The van der Waals surface area contributed by atoms with Gasteiger partial charge < -0.3 is 5.32 Å². The van der Waals surface area contributed by atoms with Crippen LogP contribution in [-0.4, -0.2) is 6.04 Å². The summed E-state index contributed by atoms with van der Waals surface area (Å²) in [5.41, 5.74) is 2.45. The molecule has 1 nitrogen and oxygen atoms in total. The van der Waals surface area contributed by atoms with E-state index in [2.05, 4.69) is 45.5 Å². The minimum Gasteiger partial charge on any atom is -0.310 e. The summed E-state index contributed by atoms with van der Waals surface area (Å²) in [6.07, 6.45) is 2.64. The third kappa shape index (κ3) is 4.56. The van der Waals surface area contributed by atoms with Gasteiger partial charge >= 0.3 is 0 Å². The van der Waals surface area contributed by atoms with Gasteiger partial charge in [0.05, 0.1) is 4.47 Å². The van der Waals surface area contributed by atoms with Crippen LogP contribution < -0.4 is 5.32 Å². The van der Waals surface area contributed by atoms with E-state index in [9.17, 15) is 4.39 Å². The van der Waals surface area contributed by atoms with Crippen molar-refractivity contribution in [1.82, 2.24) is 5.32 Å². The van der Waals surface area contributed by atoms with Gasteiger partial charge in [-0.25, -0.2) is 4.39 Å². The van der Waals surface area contributed by atoms with E-state index in [1.165, 1.54) is 29.4 Å². The van der Waals surface area contributed by atoms with Crippen molar-refractivity contribution in [1.29, 1.82) is 0 Å². The molecule has 110 valence electrons. The highest BCUT2D eigenvalue weighted by atomic mass is 79.9. The lowest BCUT2D eigenvalue weighted by Crippen LogP contribution is -2.14. The Morgan fingerprint density at radius 3 is 2.48 bits per heavy atom. The fourth-order valence-electron chi connectivity index (χ4n) is 2.05. The molecule has 0 radical (unpaired) electrons. The first-order valence-corrected chi connectivity index (χ1v) is 8.87. The molecule has 0 aliphatic heterocycles. The van der Waals surface area contributed by atoms with Crippen LogP contribution in [0.5, 0.6) is 0 Å². The summed E-state index contributed by atoms with van der Waals surface area (Å²) in [6.45, 7) is 0.959. The summed E-state index contributed by atoms with van der Waals surface area (Å²) in [7, 11) is 0. The van der Waals surface area contributed by atoms with Gasteiger partial charge in [0, 0.05) is 23.2 Å². The van der Waals surface area contributed by atoms with Crippen LogP contribution >= 0.6 is 27.7 Å². The molecule has 2 aromatic rings. The Balaban J connectivity index is 1.53. The smallest absolute Gasteiger partial charge is 0.137 e. The standard InChI is InChI=1S/C17H17BrFNS/c18-16-9-13(3-8-17(16)19)11-21-15-6-1-12(2-7-15)10-20-14-4-5-14/h1-3,6-9,14,20H,4-5,10-11H2. The summed E-state index contributed by atoms with van der Waals surface area (Å²) >= 11 is 4.99. The van der Waals surface area contributed by atoms with Gasteiger partial charge in [0.25, 0.3) is 0 Å². The van der Waals surface area contributed by atoms with E-state index in [1.807, 2.05) is 12.1 Å². The predicted molar refractivity (Wildman–Crippen MR) is 90.0 cm³/mol. The number of halogens is 2. The maximum absolute atomic E-state index is 13.2. The lowest BCUT2D eigenvalue weighted by atomic mass is 10.2. The Bertz CT molecular complexity index is 611. The lowest BCUT2D eigenvalue weighted by molar-refractivity contribution is 0.620. The summed E-state index contributed by atoms with van der Waals surface area (Å²) in [5, 5.41) is 3.51. The van der Waals surface area contributed by atoms with Crippen LogP contribution in [0.4, 0.5) is 4.39 Å². The molecular formula is C17H17BrFNS. The molecular weight excluding hydrogens is 349 g/mol. The lowest BCUT2D eigenvalue weighted by Gasteiger charge is -2.06. The van der Waals surface area contributed by atoms with E-state index < -0.39 is 0 Å². The van der Waals surface area contributed by atoms with Crippen LogP contribution in [0.1, 0.15) is 24.0 Å². The van der Waals surface area contributed by atoms with Gasteiger partial charge in [-0.3, -0.25) is 0 Å². The van der Waals surface area contributed by atoms with Crippen molar-refractivity contribution in [2.24, 2.45) is 0 Å². The summed E-state index contributed by atoms with van der Waals surface area (Å²) in [5.74, 6) is 0.634. The van der Waals surface area contributed by atoms with Gasteiger partial charge in [0.2, 0.25) is 0 Å². The normalized spacial score (nSPS) is 14.4. The van der Waals surface area contributed by atoms with Crippen LogP contribution in [0.15, 0.2) is 51.8 Å². The summed E-state index contributed by atoms with van der Waals surface area (Å²) < 4.78 is 13.7. The van der Waals surface area contributed by atoms with Gasteiger partial charge in [0.1, 0.15) is 5.82 Å². The second kappa shape index (κ2) is 6.95. The van der Waals surface area contributed by atoms with E-state index in [-0.39, 0.29) is 5.82 Å². The first-order chi connectivity index (χ1) is 10.2. The molecule has 0 atom stereocenters. The highest BCUT2D eigenvalue weighted by Crippen LogP contribution is 2.26. The molecule has 0 aromatic heterocycles. The average molecular weight is 366 g/mol. The molecule has 3 rings (SSSR count). The van der Waals surface area contributed by atoms with Crippen LogP contribution in [-0.2, 0) is 12.3 Å². The highest BCUT2D eigenvalue weighted by Gasteiger charge is 2.19. The molecule has 21 heavy (non-hydrogen) atoms. The van der Waals surface area contributed by atoms with Crippen molar-refractivity contribution in [3.63, 3.8) is 0 Å². The summed E-state index contributed by atoms with van der Waals surface area (Å²) in [4.78, 5) is 1.24. The number of rotatable bonds is 6. The molecule has 2 aromatic carbocycles. The number of thioether (sulfide) groups is 1. The number of benzene rings is 2. The molecule has 0 bridgehead atoms. The Hall–Kier alpha value is -0.840. The van der Waals surface area contributed by atoms with Gasteiger partial charge in [-0.15, -0.1) is 11.8 Å². The topological polar surface area (TPSA) is 12.0 Å². The first-order valence-electron chi connectivity index (χ1n) is 7.10. The second-order valence-electron chi connectivity index (χ2n) is 5.34. The van der Waals surface area contributed by atoms with Gasteiger partial charge in [-0.05, 0) is 64.2 Å². The Morgan fingerprint density at radius 1 is 1.10 bits per heavy atom. The van der Waals surface area contributed by atoms with Crippen molar-refractivity contribution in [3.8, 4) is 0 Å². The van der Waals surface area contributed by atoms with Gasteiger partial charge in [-0.2, -0.15) is 0 Å². The molecule has 0 amide bonds. The predicted octanol–water partition coefficient (Wildman–Crippen LogP) is 5.13. The van der Waals surface area contributed by atoms with Gasteiger partial charge in [0.15, 0.2) is 0 Å². The zero-order valence-corrected chi connectivity index (χ0v) is 14.0. The molecule has 0 saturated heterocycles. The second-order valence-corrected chi connectivity index (χ2v) is 7.24. The quantitative estimate of drug-likeness (QED) is 0.711. The minimum absolute atomic E-state index is 0.212. The molecule has 4 heteroatoms. The van der Waals surface area contributed by atoms with Crippen LogP contribution in [0.25, 0.3) is 0 Å². The molecule has 1 aliphatic rings. The Kier molecular flexibility index (Phi) is 4.99. The van der Waals surface area contributed by atoms with Gasteiger partial charge in [-0.1, -0.05) is 18.2 Å². The largest absolute Gasteiger partial charge is 0.310 e. The monoisotopic (exact) mass is 365 g/mol. The number of hydrogen-bond acceptors (Lipinski definition) is 2. The zero-order valence-electron chi connectivity index (χ0n) is 11.6. The van der Waals surface area contributed by atoms with Crippen molar-refractivity contribution >= 4 is 27.7 Å². The van der Waals surface area contributed by atoms with Crippen molar-refractivity contribution < 1.29 is 4.39 Å². The van der Waals surface area contributed by atoms with Crippen LogP contribution in [0, 0.1) is 5.82 Å². The Labute approximate surface area is 137 Å². The minimum atomic E-state index is -0.212.